The van der Waals surface area contributed by atoms with Gasteiger partial charge in [0.05, 0.1) is 14.2 Å². The van der Waals surface area contributed by atoms with Gasteiger partial charge in [-0.2, -0.15) is 0 Å². The molecule has 0 bridgehead atoms. The van der Waals surface area contributed by atoms with E-state index < -0.39 is 0 Å². The van der Waals surface area contributed by atoms with Gasteiger partial charge in [-0.3, -0.25) is 0 Å². The number of methoxy groups -OCH3 is 2. The summed E-state index contributed by atoms with van der Waals surface area (Å²) in [6, 6.07) is 9.25. The number of pyridine rings is 1. The van der Waals surface area contributed by atoms with E-state index in [4.69, 9.17) is 15.2 Å². The molecule has 0 unspecified atom stereocenters. The van der Waals surface area contributed by atoms with Crippen molar-refractivity contribution in [3.8, 4) is 22.8 Å². The van der Waals surface area contributed by atoms with Crippen molar-refractivity contribution in [2.45, 2.75) is 0 Å². The quantitative estimate of drug-likeness (QED) is 0.822. The molecule has 1 aromatic carbocycles. The van der Waals surface area contributed by atoms with Crippen LogP contribution in [0.1, 0.15) is 0 Å². The van der Waals surface area contributed by atoms with Crippen LogP contribution in [0.2, 0.25) is 0 Å². The zero-order valence-electron chi connectivity index (χ0n) is 9.81. The van der Waals surface area contributed by atoms with Crippen LogP contribution in [-0.2, 0) is 0 Å². The van der Waals surface area contributed by atoms with Crippen molar-refractivity contribution in [2.24, 2.45) is 0 Å². The standard InChI is InChI=1S/C13H14N2O2/c1-16-10-4-5-12(14)11(7-10)9-3-6-13(17-2)15-8-9/h3-8H,14H2,1-2H3. The molecule has 4 heteroatoms. The monoisotopic (exact) mass is 230 g/mol. The molecule has 4 nitrogen and oxygen atoms in total. The van der Waals surface area contributed by atoms with Gasteiger partial charge in [-0.05, 0) is 24.3 Å². The Morgan fingerprint density at radius 1 is 1.06 bits per heavy atom. The Bertz CT molecular complexity index is 509. The van der Waals surface area contributed by atoms with Gasteiger partial charge in [0.1, 0.15) is 5.75 Å². The van der Waals surface area contributed by atoms with E-state index in [-0.39, 0.29) is 0 Å². The molecule has 0 aliphatic carbocycles. The van der Waals surface area contributed by atoms with Gasteiger partial charge in [0.2, 0.25) is 5.88 Å². The Morgan fingerprint density at radius 3 is 2.47 bits per heavy atom. The fourth-order valence-corrected chi connectivity index (χ4v) is 1.57. The maximum Gasteiger partial charge on any atom is 0.212 e. The Hall–Kier alpha value is -2.23. The van der Waals surface area contributed by atoms with Crippen LogP contribution >= 0.6 is 0 Å². The second-order valence-corrected chi connectivity index (χ2v) is 3.54. The summed E-state index contributed by atoms with van der Waals surface area (Å²) in [5.74, 6) is 1.35. The smallest absolute Gasteiger partial charge is 0.212 e. The fraction of sp³-hybridized carbons (Fsp3) is 0.154. The summed E-state index contributed by atoms with van der Waals surface area (Å²) in [5, 5.41) is 0. The molecule has 0 saturated heterocycles. The molecule has 0 aliphatic heterocycles. The highest BCUT2D eigenvalue weighted by Gasteiger charge is 2.05. The van der Waals surface area contributed by atoms with Crippen LogP contribution in [0.5, 0.6) is 11.6 Å². The third-order valence-corrected chi connectivity index (χ3v) is 2.52. The maximum atomic E-state index is 5.93. The molecule has 1 aromatic heterocycles. The highest BCUT2D eigenvalue weighted by Crippen LogP contribution is 2.29. The molecule has 0 saturated carbocycles. The summed E-state index contributed by atoms with van der Waals surface area (Å²) in [7, 11) is 3.21. The highest BCUT2D eigenvalue weighted by atomic mass is 16.5. The zero-order valence-corrected chi connectivity index (χ0v) is 9.81. The van der Waals surface area contributed by atoms with Crippen LogP contribution in [-0.4, -0.2) is 19.2 Å². The van der Waals surface area contributed by atoms with Crippen LogP contribution in [0.3, 0.4) is 0 Å². The lowest BCUT2D eigenvalue weighted by atomic mass is 10.1. The van der Waals surface area contributed by atoms with Crippen molar-refractivity contribution in [1.82, 2.24) is 4.98 Å². The Morgan fingerprint density at radius 2 is 1.88 bits per heavy atom. The summed E-state index contributed by atoms with van der Waals surface area (Å²) in [6.45, 7) is 0. The Kier molecular flexibility index (Phi) is 3.14. The summed E-state index contributed by atoms with van der Waals surface area (Å²) < 4.78 is 10.2. The van der Waals surface area contributed by atoms with Gasteiger partial charge in [0.25, 0.3) is 0 Å². The van der Waals surface area contributed by atoms with Gasteiger partial charge in [0.15, 0.2) is 0 Å². The van der Waals surface area contributed by atoms with Crippen molar-refractivity contribution in [1.29, 1.82) is 0 Å². The zero-order chi connectivity index (χ0) is 12.3. The lowest BCUT2D eigenvalue weighted by molar-refractivity contribution is 0.398. The average molecular weight is 230 g/mol. The summed E-state index contributed by atoms with van der Waals surface area (Å²) in [6.07, 6.45) is 1.73. The maximum absolute atomic E-state index is 5.93. The van der Waals surface area contributed by atoms with E-state index in [9.17, 15) is 0 Å². The van der Waals surface area contributed by atoms with E-state index in [0.29, 0.717) is 11.6 Å². The molecule has 0 atom stereocenters. The lowest BCUT2D eigenvalue weighted by Gasteiger charge is -2.08. The molecule has 2 N–H and O–H groups in total. The SMILES string of the molecule is COc1ccc(N)c(-c2ccc(OC)nc2)c1. The number of nitrogens with zero attached hydrogens (tertiary/aromatic N) is 1. The molecule has 2 rings (SSSR count). The van der Waals surface area contributed by atoms with E-state index >= 15 is 0 Å². The van der Waals surface area contributed by atoms with E-state index in [1.54, 1.807) is 26.5 Å². The summed E-state index contributed by atoms with van der Waals surface area (Å²) in [5.41, 5.74) is 8.46. The Labute approximate surface area is 100 Å². The number of benzene rings is 1. The minimum atomic E-state index is 0.579. The molecule has 1 heterocycles. The molecular formula is C13H14N2O2. The van der Waals surface area contributed by atoms with Gasteiger partial charge in [-0.25, -0.2) is 4.98 Å². The Balaban J connectivity index is 2.43. The third-order valence-electron chi connectivity index (χ3n) is 2.52. The van der Waals surface area contributed by atoms with E-state index in [2.05, 4.69) is 4.98 Å². The summed E-state index contributed by atoms with van der Waals surface area (Å²) in [4.78, 5) is 4.15. The second-order valence-electron chi connectivity index (χ2n) is 3.54. The average Bonchev–Trinajstić information content (AvgIpc) is 2.39. The molecule has 0 amide bonds. The number of hydrogen-bond acceptors (Lipinski definition) is 4. The molecular weight excluding hydrogens is 216 g/mol. The van der Waals surface area contributed by atoms with E-state index in [0.717, 1.165) is 16.9 Å². The molecule has 0 fully saturated rings. The molecule has 17 heavy (non-hydrogen) atoms. The first-order valence-electron chi connectivity index (χ1n) is 5.18. The van der Waals surface area contributed by atoms with Crippen molar-refractivity contribution >= 4 is 5.69 Å². The van der Waals surface area contributed by atoms with Crippen molar-refractivity contribution in [2.75, 3.05) is 20.0 Å². The number of aromatic nitrogens is 1. The molecule has 2 aromatic rings. The largest absolute Gasteiger partial charge is 0.497 e. The lowest BCUT2D eigenvalue weighted by Crippen LogP contribution is -1.93. The highest BCUT2D eigenvalue weighted by molar-refractivity contribution is 5.77. The van der Waals surface area contributed by atoms with Crippen molar-refractivity contribution in [3.63, 3.8) is 0 Å². The fourth-order valence-electron chi connectivity index (χ4n) is 1.57. The molecule has 88 valence electrons. The van der Waals surface area contributed by atoms with Crippen molar-refractivity contribution in [3.05, 3.63) is 36.5 Å². The first kappa shape index (κ1) is 11.3. The molecule has 0 aliphatic rings. The van der Waals surface area contributed by atoms with Crippen LogP contribution in [0.15, 0.2) is 36.5 Å². The molecule has 0 radical (unpaired) electrons. The summed E-state index contributed by atoms with van der Waals surface area (Å²) >= 11 is 0. The number of nitrogens with two attached hydrogens (primary N) is 1. The number of nitrogen functional groups attached to an aromatic ring is 1. The number of rotatable bonds is 3. The van der Waals surface area contributed by atoms with Gasteiger partial charge in [-0.1, -0.05) is 0 Å². The van der Waals surface area contributed by atoms with Crippen LogP contribution in [0.4, 0.5) is 5.69 Å². The van der Waals surface area contributed by atoms with Crippen LogP contribution in [0, 0.1) is 0 Å². The number of anilines is 1. The van der Waals surface area contributed by atoms with Gasteiger partial charge >= 0.3 is 0 Å². The second kappa shape index (κ2) is 4.74. The topological polar surface area (TPSA) is 57.4 Å². The first-order chi connectivity index (χ1) is 8.24. The van der Waals surface area contributed by atoms with Crippen LogP contribution < -0.4 is 15.2 Å². The minimum absolute atomic E-state index is 0.579. The normalized spacial score (nSPS) is 10.0. The minimum Gasteiger partial charge on any atom is -0.497 e. The third kappa shape index (κ3) is 2.30. The number of hydrogen-bond donors (Lipinski definition) is 1. The predicted molar refractivity (Wildman–Crippen MR) is 67.2 cm³/mol. The molecule has 0 spiro atoms. The van der Waals surface area contributed by atoms with Gasteiger partial charge in [-0.15, -0.1) is 0 Å². The van der Waals surface area contributed by atoms with Crippen molar-refractivity contribution < 1.29 is 9.47 Å². The number of ether oxygens (including phenoxy) is 2. The van der Waals surface area contributed by atoms with Gasteiger partial charge in [0, 0.05) is 29.1 Å². The first-order valence-corrected chi connectivity index (χ1v) is 5.18. The van der Waals surface area contributed by atoms with E-state index in [1.807, 2.05) is 24.3 Å². The predicted octanol–water partition coefficient (Wildman–Crippen LogP) is 2.35. The van der Waals surface area contributed by atoms with Crippen LogP contribution in [0.25, 0.3) is 11.1 Å². The van der Waals surface area contributed by atoms with Gasteiger partial charge < -0.3 is 15.2 Å². The van der Waals surface area contributed by atoms with E-state index in [1.165, 1.54) is 0 Å².